The number of carbonyl (C=O) groups is 1. The Morgan fingerprint density at radius 3 is 2.62 bits per heavy atom. The van der Waals surface area contributed by atoms with Gasteiger partial charge in [0.15, 0.2) is 11.5 Å². The zero-order valence-corrected chi connectivity index (χ0v) is 14.9. The first-order valence-electron chi connectivity index (χ1n) is 6.43. The van der Waals surface area contributed by atoms with Crippen molar-refractivity contribution in [3.8, 4) is 11.5 Å². The second-order valence-corrected chi connectivity index (χ2v) is 9.05. The van der Waals surface area contributed by atoms with Crippen molar-refractivity contribution in [2.45, 2.75) is 22.4 Å². The molecule has 1 aromatic rings. The maximum atomic E-state index is 12.1. The average Bonchev–Trinajstić information content (AvgIpc) is 2.91. The summed E-state index contributed by atoms with van der Waals surface area (Å²) in [6.45, 7) is 0.0380. The summed E-state index contributed by atoms with van der Waals surface area (Å²) in [7, 11) is 4.03. The summed E-state index contributed by atoms with van der Waals surface area (Å²) in [6, 6.07) is 1.63. The van der Waals surface area contributed by atoms with Crippen LogP contribution in [0.1, 0.15) is 5.56 Å². The number of benzene rings is 1. The molecule has 0 amide bonds. The maximum Gasteiger partial charge on any atom is 0.497 e. The van der Waals surface area contributed by atoms with E-state index < -0.39 is 22.4 Å². The summed E-state index contributed by atoms with van der Waals surface area (Å²) < 4.78 is 58.8. The lowest BCUT2D eigenvalue weighted by molar-refractivity contribution is -0.873. The van der Waals surface area contributed by atoms with Gasteiger partial charge in [-0.15, -0.1) is 0 Å². The molecule has 1 heterocycles. The number of methoxy groups -OCH3 is 2. The van der Waals surface area contributed by atoms with Crippen LogP contribution in [0.5, 0.6) is 11.5 Å². The lowest BCUT2D eigenvalue weighted by Gasteiger charge is -2.11. The van der Waals surface area contributed by atoms with Gasteiger partial charge in [0.1, 0.15) is 11.4 Å². The third kappa shape index (κ3) is 4.17. The SMILES string of the molecule is COc1cc(CC[NH2+]OC(=O)C(F)(F)F)c2c(c1OC)SS[S+]2[O]. The van der Waals surface area contributed by atoms with Gasteiger partial charge in [0, 0.05) is 22.8 Å². The number of hydroxylamine groups is 1. The van der Waals surface area contributed by atoms with Crippen molar-refractivity contribution in [1.29, 1.82) is 0 Å². The zero-order chi connectivity index (χ0) is 17.9. The highest BCUT2D eigenvalue weighted by Gasteiger charge is 2.45. The second-order valence-electron chi connectivity index (χ2n) is 4.42. The van der Waals surface area contributed by atoms with Crippen molar-refractivity contribution >= 4 is 36.8 Å². The first kappa shape index (κ1) is 19.4. The maximum absolute atomic E-state index is 12.1. The molecule has 24 heavy (non-hydrogen) atoms. The third-order valence-electron chi connectivity index (χ3n) is 2.96. The summed E-state index contributed by atoms with van der Waals surface area (Å²) in [5.41, 5.74) is 1.43. The molecule has 0 spiro atoms. The molecular formula is C12H13F3NO5S3+2. The molecule has 0 aliphatic carbocycles. The fraction of sp³-hybridized carbons (Fsp3) is 0.417. The minimum absolute atomic E-state index is 0.0380. The van der Waals surface area contributed by atoms with Crippen molar-refractivity contribution in [3.63, 3.8) is 0 Å². The quantitative estimate of drug-likeness (QED) is 0.337. The molecule has 2 N–H and O–H groups in total. The molecule has 2 rings (SSSR count). The number of rotatable bonds is 6. The van der Waals surface area contributed by atoms with Crippen LogP contribution in [0.25, 0.3) is 0 Å². The molecule has 0 bridgehead atoms. The fourth-order valence-corrected chi connectivity index (χ4v) is 7.33. The van der Waals surface area contributed by atoms with Gasteiger partial charge >= 0.3 is 22.4 Å². The number of halogens is 3. The van der Waals surface area contributed by atoms with Crippen LogP contribution in [-0.4, -0.2) is 32.9 Å². The first-order chi connectivity index (χ1) is 11.3. The van der Waals surface area contributed by atoms with Crippen LogP contribution in [0.2, 0.25) is 0 Å². The highest BCUT2D eigenvalue weighted by atomic mass is 33.5. The van der Waals surface area contributed by atoms with Crippen LogP contribution in [-0.2, 0) is 30.8 Å². The molecule has 1 aliphatic heterocycles. The second kappa shape index (κ2) is 7.95. The Morgan fingerprint density at radius 2 is 2.04 bits per heavy atom. The van der Waals surface area contributed by atoms with E-state index in [4.69, 9.17) is 9.47 Å². The summed E-state index contributed by atoms with van der Waals surface area (Å²) in [4.78, 5) is 15.9. The molecular weight excluding hydrogens is 391 g/mol. The van der Waals surface area contributed by atoms with Crippen molar-refractivity contribution in [3.05, 3.63) is 11.6 Å². The Bertz CT molecular complexity index is 629. The molecule has 1 atom stereocenters. The van der Waals surface area contributed by atoms with Gasteiger partial charge < -0.3 is 9.47 Å². The van der Waals surface area contributed by atoms with E-state index in [0.717, 1.165) is 15.3 Å². The average molecular weight is 404 g/mol. The summed E-state index contributed by atoms with van der Waals surface area (Å²) >= 11 is 0. The lowest BCUT2D eigenvalue weighted by Crippen LogP contribution is -2.85. The van der Waals surface area contributed by atoms with Gasteiger partial charge in [-0.25, -0.2) is 4.79 Å². The summed E-state index contributed by atoms with van der Waals surface area (Å²) in [5, 5.41) is 0. The highest BCUT2D eigenvalue weighted by molar-refractivity contribution is 9.07. The zero-order valence-electron chi connectivity index (χ0n) is 12.5. The molecule has 0 fully saturated rings. The van der Waals surface area contributed by atoms with Gasteiger partial charge in [-0.3, -0.25) is 4.84 Å². The number of alkyl halides is 3. The van der Waals surface area contributed by atoms with Crippen molar-refractivity contribution < 1.29 is 42.3 Å². The van der Waals surface area contributed by atoms with Gasteiger partial charge in [0.05, 0.1) is 18.8 Å². The predicted molar refractivity (Wildman–Crippen MR) is 82.0 cm³/mol. The van der Waals surface area contributed by atoms with Crippen LogP contribution in [0.15, 0.2) is 15.9 Å². The number of carbonyl (C=O) groups excluding carboxylic acids is 1. The molecule has 0 aromatic heterocycles. The monoisotopic (exact) mass is 404 g/mol. The number of fused-ring (bicyclic) bond motifs is 1. The van der Waals surface area contributed by atoms with Gasteiger partial charge in [-0.05, 0) is 6.07 Å². The molecule has 1 aromatic carbocycles. The molecule has 6 nitrogen and oxygen atoms in total. The van der Waals surface area contributed by atoms with Crippen molar-refractivity contribution in [2.24, 2.45) is 0 Å². The molecule has 12 heteroatoms. The van der Waals surface area contributed by atoms with Crippen LogP contribution in [0.4, 0.5) is 13.2 Å². The van der Waals surface area contributed by atoms with Crippen LogP contribution in [0, 0.1) is 0 Å². The normalized spacial score (nSPS) is 16.7. The lowest BCUT2D eigenvalue weighted by atomic mass is 10.1. The number of quaternary nitrogens is 1. The van der Waals surface area contributed by atoms with E-state index >= 15 is 0 Å². The molecule has 1 unspecified atom stereocenters. The Labute approximate surface area is 145 Å². The van der Waals surface area contributed by atoms with Crippen molar-refractivity contribution in [1.82, 2.24) is 0 Å². The Morgan fingerprint density at radius 1 is 1.33 bits per heavy atom. The number of ether oxygens (including phenoxy) is 2. The minimum Gasteiger partial charge on any atom is -0.493 e. The molecule has 1 radical (unpaired) electrons. The largest absolute Gasteiger partial charge is 0.497 e. The topological polar surface area (TPSA) is 81.3 Å². The smallest absolute Gasteiger partial charge is 0.493 e. The molecule has 1 aliphatic rings. The highest BCUT2D eigenvalue weighted by Crippen LogP contribution is 2.58. The number of nitrogens with two attached hydrogens (primary N) is 1. The number of hydrogen-bond donors (Lipinski definition) is 1. The third-order valence-corrected chi connectivity index (χ3v) is 7.93. The molecule has 133 valence electrons. The van der Waals surface area contributed by atoms with E-state index in [1.54, 1.807) is 6.07 Å². The standard InChI is InChI=1S/C12H12F3NO5S3/c1-19-7-5-6(3-4-16-21-11(17)12(13,14)15)10-9(8(7)20-2)22-23-24(10)18/h5,16H,3-4H2,1-2H3/q+1/p+1. The molecule has 0 saturated carbocycles. The fourth-order valence-electron chi connectivity index (χ4n) is 1.95. The van der Waals surface area contributed by atoms with Crippen molar-refractivity contribution in [2.75, 3.05) is 20.8 Å². The minimum atomic E-state index is -5.03. The van der Waals surface area contributed by atoms with Crippen LogP contribution < -0.4 is 15.0 Å². The van der Waals surface area contributed by atoms with E-state index in [1.807, 2.05) is 0 Å². The van der Waals surface area contributed by atoms with E-state index in [2.05, 4.69) is 4.84 Å². The van der Waals surface area contributed by atoms with Gasteiger partial charge in [-0.1, -0.05) is 0 Å². The van der Waals surface area contributed by atoms with E-state index in [1.165, 1.54) is 25.0 Å². The first-order valence-corrected chi connectivity index (χ1v) is 10.2. The van der Waals surface area contributed by atoms with E-state index in [9.17, 15) is 22.5 Å². The van der Waals surface area contributed by atoms with Crippen LogP contribution in [0.3, 0.4) is 0 Å². The predicted octanol–water partition coefficient (Wildman–Crippen LogP) is 1.82. The Balaban J connectivity index is 2.11. The van der Waals surface area contributed by atoms with E-state index in [0.29, 0.717) is 26.9 Å². The van der Waals surface area contributed by atoms with Gasteiger partial charge in [-0.2, -0.15) is 18.7 Å². The van der Waals surface area contributed by atoms with E-state index in [-0.39, 0.29) is 13.0 Å². The Kier molecular flexibility index (Phi) is 6.42. The summed E-state index contributed by atoms with van der Waals surface area (Å²) in [6.07, 6.45) is -4.80. The number of hydrogen-bond acceptors (Lipinski definition) is 6. The van der Waals surface area contributed by atoms with Gasteiger partial charge in [0.25, 0.3) is 0 Å². The van der Waals surface area contributed by atoms with Crippen LogP contribution >= 0.6 is 20.6 Å². The van der Waals surface area contributed by atoms with Gasteiger partial charge in [0.2, 0.25) is 14.7 Å². The Hall–Kier alpha value is -0.950. The molecule has 0 saturated heterocycles. The summed E-state index contributed by atoms with van der Waals surface area (Å²) in [5.74, 6) is -1.37.